The lowest BCUT2D eigenvalue weighted by Crippen LogP contribution is -2.32. The minimum Gasteiger partial charge on any atom is -0.488 e. The Labute approximate surface area is 146 Å². The van der Waals surface area contributed by atoms with Crippen LogP contribution in [0.25, 0.3) is 0 Å². The van der Waals surface area contributed by atoms with Crippen LogP contribution >= 0.6 is 0 Å². The van der Waals surface area contributed by atoms with E-state index in [2.05, 4.69) is 13.8 Å². The van der Waals surface area contributed by atoms with Gasteiger partial charge in [0.25, 0.3) is 0 Å². The number of rotatable bonds is 2. The van der Waals surface area contributed by atoms with Gasteiger partial charge in [0.1, 0.15) is 17.2 Å². The number of hydrogen-bond donors (Lipinski definition) is 1. The molecule has 132 valence electrons. The molecule has 1 amide bonds. The first-order valence-electron chi connectivity index (χ1n) is 8.06. The van der Waals surface area contributed by atoms with E-state index in [4.69, 9.17) is 10.5 Å². The Morgan fingerprint density at radius 3 is 2.24 bits per heavy atom. The molecule has 25 heavy (non-hydrogen) atoms. The monoisotopic (exact) mass is 343 g/mol. The highest BCUT2D eigenvalue weighted by atomic mass is 19.1. The van der Waals surface area contributed by atoms with E-state index in [-0.39, 0.29) is 17.2 Å². The molecule has 0 aliphatic carbocycles. The summed E-state index contributed by atoms with van der Waals surface area (Å²) in [4.78, 5) is 21.6. The van der Waals surface area contributed by atoms with Gasteiger partial charge in [0.05, 0.1) is 0 Å². The second-order valence-electron chi connectivity index (χ2n) is 6.61. The average Bonchev–Trinajstić information content (AvgIpc) is 2.54. The van der Waals surface area contributed by atoms with E-state index >= 15 is 0 Å². The largest absolute Gasteiger partial charge is 0.488 e. The first-order chi connectivity index (χ1) is 11.7. The van der Waals surface area contributed by atoms with Crippen molar-refractivity contribution in [3.63, 3.8) is 0 Å². The van der Waals surface area contributed by atoms with Gasteiger partial charge in [0.2, 0.25) is 5.91 Å². The van der Waals surface area contributed by atoms with Gasteiger partial charge in [-0.05, 0) is 81.6 Å². The topological polar surface area (TPSA) is 69.4 Å². The van der Waals surface area contributed by atoms with Crippen molar-refractivity contribution in [3.05, 3.63) is 65.0 Å². The molecule has 2 aromatic rings. The zero-order chi connectivity index (χ0) is 18.6. The van der Waals surface area contributed by atoms with Crippen LogP contribution in [-0.4, -0.2) is 17.3 Å². The van der Waals surface area contributed by atoms with Gasteiger partial charge in [-0.15, -0.1) is 0 Å². The van der Waals surface area contributed by atoms with Gasteiger partial charge >= 0.3 is 0 Å². The minimum absolute atomic E-state index is 0.0786. The second kappa shape index (κ2) is 7.47. The zero-order valence-corrected chi connectivity index (χ0v) is 14.6. The predicted octanol–water partition coefficient (Wildman–Crippen LogP) is 3.92. The number of ether oxygens (including phenoxy) is 1. The molecule has 0 spiro atoms. The standard InChI is InChI=1S/C13H16O2.C7H6FNO/c1-9(14)10-4-5-12-11(8-10)6-7-13(2,3)15-12;8-6-3-1-5(2-4-6)7(9)10/h4-5,8H,6-7H2,1-3H3;1-4H,(H2,9,10). The van der Waals surface area contributed by atoms with Crippen molar-refractivity contribution >= 4 is 11.7 Å². The third-order valence-electron chi connectivity index (χ3n) is 3.98. The molecule has 1 aliphatic heterocycles. The fourth-order valence-corrected chi connectivity index (χ4v) is 2.49. The van der Waals surface area contributed by atoms with E-state index in [1.165, 1.54) is 24.3 Å². The maximum atomic E-state index is 12.2. The number of carbonyl (C=O) groups is 2. The van der Waals surface area contributed by atoms with Crippen LogP contribution in [0, 0.1) is 5.82 Å². The molecule has 0 atom stereocenters. The van der Waals surface area contributed by atoms with Crippen LogP contribution in [0.1, 0.15) is 53.5 Å². The molecule has 1 heterocycles. The molecule has 3 rings (SSSR count). The molecule has 1 aliphatic rings. The molecule has 2 aromatic carbocycles. The molecule has 0 fully saturated rings. The minimum atomic E-state index is -0.542. The molecule has 5 heteroatoms. The van der Waals surface area contributed by atoms with Crippen molar-refractivity contribution < 1.29 is 18.7 Å². The highest BCUT2D eigenvalue weighted by Gasteiger charge is 2.26. The van der Waals surface area contributed by atoms with Crippen molar-refractivity contribution in [1.82, 2.24) is 0 Å². The van der Waals surface area contributed by atoms with Gasteiger partial charge < -0.3 is 10.5 Å². The van der Waals surface area contributed by atoms with Crippen LogP contribution in [-0.2, 0) is 6.42 Å². The number of hydrogen-bond acceptors (Lipinski definition) is 3. The van der Waals surface area contributed by atoms with E-state index in [1.807, 2.05) is 18.2 Å². The number of Topliss-reactive ketones (excluding diaryl/α,β-unsaturated/α-hetero) is 1. The molecule has 0 bridgehead atoms. The fourth-order valence-electron chi connectivity index (χ4n) is 2.49. The van der Waals surface area contributed by atoms with Crippen molar-refractivity contribution in [2.75, 3.05) is 0 Å². The molecule has 2 N–H and O–H groups in total. The predicted molar refractivity (Wildman–Crippen MR) is 94.4 cm³/mol. The number of halogens is 1. The lowest BCUT2D eigenvalue weighted by atomic mass is 9.93. The number of ketones is 1. The maximum Gasteiger partial charge on any atom is 0.248 e. The number of primary amides is 1. The Hall–Kier alpha value is -2.69. The van der Waals surface area contributed by atoms with Gasteiger partial charge in [-0.2, -0.15) is 0 Å². The van der Waals surface area contributed by atoms with Crippen LogP contribution in [0.4, 0.5) is 4.39 Å². The third-order valence-corrected chi connectivity index (χ3v) is 3.98. The highest BCUT2D eigenvalue weighted by molar-refractivity contribution is 5.94. The Bertz CT molecular complexity index is 782. The van der Waals surface area contributed by atoms with E-state index in [0.717, 1.165) is 29.7 Å². The fraction of sp³-hybridized carbons (Fsp3) is 0.300. The Kier molecular flexibility index (Phi) is 5.57. The van der Waals surface area contributed by atoms with Crippen LogP contribution in [0.3, 0.4) is 0 Å². The van der Waals surface area contributed by atoms with E-state index in [0.29, 0.717) is 5.56 Å². The summed E-state index contributed by atoms with van der Waals surface area (Å²) in [5.74, 6) is 0.129. The van der Waals surface area contributed by atoms with Crippen molar-refractivity contribution in [3.8, 4) is 5.75 Å². The first-order valence-corrected chi connectivity index (χ1v) is 8.06. The molecular weight excluding hydrogens is 321 g/mol. The number of nitrogens with two attached hydrogens (primary N) is 1. The lowest BCUT2D eigenvalue weighted by molar-refractivity contribution is 0.0846. The van der Waals surface area contributed by atoms with Gasteiger partial charge in [-0.1, -0.05) is 0 Å². The lowest BCUT2D eigenvalue weighted by Gasteiger charge is -2.32. The smallest absolute Gasteiger partial charge is 0.248 e. The maximum absolute atomic E-state index is 12.2. The van der Waals surface area contributed by atoms with Crippen LogP contribution in [0.2, 0.25) is 0 Å². The molecule has 0 unspecified atom stereocenters. The van der Waals surface area contributed by atoms with Crippen molar-refractivity contribution in [2.45, 2.75) is 39.2 Å². The number of amides is 1. The van der Waals surface area contributed by atoms with Gasteiger partial charge in [0.15, 0.2) is 5.78 Å². The molecular formula is C20H22FNO3. The SMILES string of the molecule is CC(=O)c1ccc2c(c1)CCC(C)(C)O2.NC(=O)c1ccc(F)cc1. The van der Waals surface area contributed by atoms with Gasteiger partial charge in [0, 0.05) is 11.1 Å². The summed E-state index contributed by atoms with van der Waals surface area (Å²) in [5.41, 5.74) is 7.07. The van der Waals surface area contributed by atoms with Crippen LogP contribution in [0.15, 0.2) is 42.5 Å². The summed E-state index contributed by atoms with van der Waals surface area (Å²) in [5, 5.41) is 0. The van der Waals surface area contributed by atoms with Gasteiger partial charge in [-0.3, -0.25) is 9.59 Å². The molecule has 0 aromatic heterocycles. The average molecular weight is 343 g/mol. The third kappa shape index (κ3) is 5.14. The first kappa shape index (κ1) is 18.6. The zero-order valence-electron chi connectivity index (χ0n) is 14.6. The summed E-state index contributed by atoms with van der Waals surface area (Å²) in [6, 6.07) is 10.8. The number of aryl methyl sites for hydroxylation is 1. The summed E-state index contributed by atoms with van der Waals surface area (Å²) < 4.78 is 18.0. The van der Waals surface area contributed by atoms with E-state index < -0.39 is 5.91 Å². The summed E-state index contributed by atoms with van der Waals surface area (Å²) in [6.45, 7) is 5.78. The van der Waals surface area contributed by atoms with Gasteiger partial charge in [-0.25, -0.2) is 4.39 Å². The van der Waals surface area contributed by atoms with Crippen molar-refractivity contribution in [2.24, 2.45) is 5.73 Å². The number of fused-ring (bicyclic) bond motifs is 1. The molecule has 0 saturated heterocycles. The van der Waals surface area contributed by atoms with Crippen LogP contribution in [0.5, 0.6) is 5.75 Å². The normalized spacial score (nSPS) is 14.4. The van der Waals surface area contributed by atoms with Crippen LogP contribution < -0.4 is 10.5 Å². The molecule has 0 saturated carbocycles. The molecule has 0 radical (unpaired) electrons. The highest BCUT2D eigenvalue weighted by Crippen LogP contribution is 2.33. The van der Waals surface area contributed by atoms with Crippen molar-refractivity contribution in [1.29, 1.82) is 0 Å². The quantitative estimate of drug-likeness (QED) is 0.840. The molecule has 4 nitrogen and oxygen atoms in total. The summed E-state index contributed by atoms with van der Waals surface area (Å²) >= 11 is 0. The Morgan fingerprint density at radius 1 is 1.08 bits per heavy atom. The number of carbonyl (C=O) groups excluding carboxylic acids is 2. The Morgan fingerprint density at radius 2 is 1.68 bits per heavy atom. The number of benzene rings is 2. The summed E-state index contributed by atoms with van der Waals surface area (Å²) in [6.07, 6.45) is 1.99. The van der Waals surface area contributed by atoms with E-state index in [1.54, 1.807) is 6.92 Å². The van der Waals surface area contributed by atoms with E-state index in [9.17, 15) is 14.0 Å². The Balaban J connectivity index is 0.000000196. The summed E-state index contributed by atoms with van der Waals surface area (Å²) in [7, 11) is 0. The second-order valence-corrected chi connectivity index (χ2v) is 6.61.